The molecule has 0 saturated carbocycles. The van der Waals surface area contributed by atoms with Gasteiger partial charge in [-0.1, -0.05) is 12.2 Å². The highest BCUT2D eigenvalue weighted by Crippen LogP contribution is 2.35. The van der Waals surface area contributed by atoms with Crippen LogP contribution in [0.25, 0.3) is 0 Å². The van der Waals surface area contributed by atoms with E-state index in [1.165, 1.54) is 0 Å². The second kappa shape index (κ2) is 1.83. The van der Waals surface area contributed by atoms with Crippen molar-refractivity contribution in [2.75, 3.05) is 13.8 Å². The van der Waals surface area contributed by atoms with Crippen molar-refractivity contribution in [3.8, 4) is 0 Å². The summed E-state index contributed by atoms with van der Waals surface area (Å²) in [5.74, 6) is 0.393. The fourth-order valence-electron chi connectivity index (χ4n) is 1.39. The Morgan fingerprint density at radius 2 is 2.50 bits per heavy atom. The number of fused-ring (bicyclic) bond motifs is 1. The van der Waals surface area contributed by atoms with Gasteiger partial charge in [0.15, 0.2) is 0 Å². The molecule has 1 aliphatic carbocycles. The molecule has 2 unspecified atom stereocenters. The fraction of sp³-hybridized carbons (Fsp3) is 0.571. The predicted molar refractivity (Wildman–Crippen MR) is 35.1 cm³/mol. The lowest BCUT2D eigenvalue weighted by atomic mass is 9.79. The van der Waals surface area contributed by atoms with E-state index in [0.717, 1.165) is 0 Å². The Kier molecular flexibility index (Phi) is 1.08. The van der Waals surface area contributed by atoms with Crippen LogP contribution < -0.4 is 0 Å². The number of hydrogen-bond donors (Lipinski definition) is 0. The lowest BCUT2D eigenvalue weighted by Crippen LogP contribution is -2.63. The number of amides is 1. The topological polar surface area (TPSA) is 29.5 Å². The Morgan fingerprint density at radius 1 is 1.70 bits per heavy atom. The SMILES string of the molecule is COCN1C(=O)C2C=CC21. The van der Waals surface area contributed by atoms with E-state index in [-0.39, 0.29) is 11.8 Å². The van der Waals surface area contributed by atoms with E-state index in [2.05, 4.69) is 0 Å². The van der Waals surface area contributed by atoms with Gasteiger partial charge < -0.3 is 9.64 Å². The predicted octanol–water partition coefficient (Wildman–Crippen LogP) is -0.0129. The van der Waals surface area contributed by atoms with Gasteiger partial charge in [-0.05, 0) is 0 Å². The minimum Gasteiger partial charge on any atom is -0.364 e. The Balaban J connectivity index is 2.00. The first kappa shape index (κ1) is 5.92. The molecule has 0 aromatic carbocycles. The van der Waals surface area contributed by atoms with E-state index in [0.29, 0.717) is 12.8 Å². The van der Waals surface area contributed by atoms with E-state index >= 15 is 0 Å². The molecule has 54 valence electrons. The Labute approximate surface area is 59.3 Å². The first-order valence-corrected chi connectivity index (χ1v) is 3.32. The van der Waals surface area contributed by atoms with Crippen molar-refractivity contribution in [1.29, 1.82) is 0 Å². The minimum atomic E-state index is 0.190. The van der Waals surface area contributed by atoms with Crippen LogP contribution in [0.5, 0.6) is 0 Å². The van der Waals surface area contributed by atoms with Crippen molar-refractivity contribution in [1.82, 2.24) is 4.90 Å². The van der Waals surface area contributed by atoms with Gasteiger partial charge in [0.2, 0.25) is 5.91 Å². The van der Waals surface area contributed by atoms with Crippen molar-refractivity contribution in [3.63, 3.8) is 0 Å². The van der Waals surface area contributed by atoms with E-state index < -0.39 is 0 Å². The molecule has 3 heteroatoms. The number of β-lactam (4-membered cyclic amide) rings is 1. The van der Waals surface area contributed by atoms with Crippen molar-refractivity contribution in [3.05, 3.63) is 12.2 Å². The maximum atomic E-state index is 11.0. The van der Waals surface area contributed by atoms with Crippen molar-refractivity contribution in [2.45, 2.75) is 6.04 Å². The first-order chi connectivity index (χ1) is 4.84. The van der Waals surface area contributed by atoms with Gasteiger partial charge in [0, 0.05) is 7.11 Å². The third kappa shape index (κ3) is 0.508. The molecule has 1 fully saturated rings. The summed E-state index contributed by atoms with van der Waals surface area (Å²) in [5, 5.41) is 0. The van der Waals surface area contributed by atoms with E-state index in [9.17, 15) is 4.79 Å². The maximum absolute atomic E-state index is 11.0. The molecule has 1 amide bonds. The molecule has 0 N–H and O–H groups in total. The molecule has 0 aromatic heterocycles. The quantitative estimate of drug-likeness (QED) is 0.397. The third-order valence-electron chi connectivity index (χ3n) is 2.08. The standard InChI is InChI=1S/C7H9NO2/c1-10-4-8-6-3-2-5(6)7(8)9/h2-3,5-6H,4H2,1H3. The number of carbonyl (C=O) groups excluding carboxylic acids is 1. The molecule has 2 rings (SSSR count). The van der Waals surface area contributed by atoms with Crippen LogP contribution in [0.4, 0.5) is 0 Å². The largest absolute Gasteiger partial charge is 0.364 e. The number of hydrogen-bond acceptors (Lipinski definition) is 2. The van der Waals surface area contributed by atoms with E-state index in [1.807, 2.05) is 12.2 Å². The van der Waals surface area contributed by atoms with Gasteiger partial charge in [0.1, 0.15) is 6.73 Å². The minimum absolute atomic E-state index is 0.190. The molecule has 2 aliphatic rings. The van der Waals surface area contributed by atoms with Crippen LogP contribution in [-0.4, -0.2) is 30.7 Å². The Bertz CT molecular complexity index is 200. The number of ether oxygens (including phenoxy) is 1. The highest BCUT2D eigenvalue weighted by Gasteiger charge is 2.48. The molecule has 0 spiro atoms. The third-order valence-corrected chi connectivity index (χ3v) is 2.08. The lowest BCUT2D eigenvalue weighted by molar-refractivity contribution is -0.159. The summed E-state index contributed by atoms with van der Waals surface area (Å²) in [4.78, 5) is 12.7. The number of rotatable bonds is 2. The average Bonchev–Trinajstić information content (AvgIpc) is 1.85. The lowest BCUT2D eigenvalue weighted by Gasteiger charge is -2.48. The zero-order valence-corrected chi connectivity index (χ0v) is 5.78. The molecule has 0 radical (unpaired) electrons. The normalized spacial score (nSPS) is 34.9. The zero-order valence-electron chi connectivity index (χ0n) is 5.78. The average molecular weight is 139 g/mol. The smallest absolute Gasteiger partial charge is 0.234 e. The van der Waals surface area contributed by atoms with E-state index in [1.54, 1.807) is 12.0 Å². The molecular formula is C7H9NO2. The van der Waals surface area contributed by atoms with Crippen LogP contribution in [0, 0.1) is 5.92 Å². The summed E-state index contributed by atoms with van der Waals surface area (Å²) < 4.78 is 4.84. The van der Waals surface area contributed by atoms with E-state index in [4.69, 9.17) is 4.74 Å². The highest BCUT2D eigenvalue weighted by molar-refractivity contribution is 5.90. The molecule has 2 atom stereocenters. The van der Waals surface area contributed by atoms with Gasteiger partial charge in [-0.2, -0.15) is 0 Å². The van der Waals surface area contributed by atoms with Crippen molar-refractivity contribution in [2.24, 2.45) is 5.92 Å². The van der Waals surface area contributed by atoms with Crippen LogP contribution in [0.1, 0.15) is 0 Å². The van der Waals surface area contributed by atoms with Crippen LogP contribution in [-0.2, 0) is 9.53 Å². The summed E-state index contributed by atoms with van der Waals surface area (Å²) >= 11 is 0. The van der Waals surface area contributed by atoms with Crippen molar-refractivity contribution < 1.29 is 9.53 Å². The van der Waals surface area contributed by atoms with Crippen molar-refractivity contribution >= 4 is 5.91 Å². The molecule has 10 heavy (non-hydrogen) atoms. The van der Waals surface area contributed by atoms with Gasteiger partial charge in [0.25, 0.3) is 0 Å². The summed E-state index contributed by atoms with van der Waals surface area (Å²) in [6.07, 6.45) is 3.98. The summed E-state index contributed by atoms with van der Waals surface area (Å²) in [6.45, 7) is 0.435. The molecule has 3 nitrogen and oxygen atoms in total. The number of likely N-dealkylation sites (tertiary alicyclic amines) is 1. The van der Waals surface area contributed by atoms with Crippen LogP contribution in [0.2, 0.25) is 0 Å². The second-order valence-electron chi connectivity index (χ2n) is 2.63. The summed E-state index contributed by atoms with van der Waals surface area (Å²) in [5.41, 5.74) is 0. The van der Waals surface area contributed by atoms with Gasteiger partial charge in [-0.15, -0.1) is 0 Å². The van der Waals surface area contributed by atoms with Gasteiger partial charge in [-0.25, -0.2) is 0 Å². The molecular weight excluding hydrogens is 130 g/mol. The monoisotopic (exact) mass is 139 g/mol. The number of methoxy groups -OCH3 is 1. The van der Waals surface area contributed by atoms with Crippen LogP contribution in [0.15, 0.2) is 12.2 Å². The zero-order chi connectivity index (χ0) is 7.14. The van der Waals surface area contributed by atoms with Gasteiger partial charge >= 0.3 is 0 Å². The van der Waals surface area contributed by atoms with Gasteiger partial charge in [-0.3, -0.25) is 4.79 Å². The molecule has 1 saturated heterocycles. The Hall–Kier alpha value is -0.830. The second-order valence-corrected chi connectivity index (χ2v) is 2.63. The van der Waals surface area contributed by atoms with Crippen LogP contribution >= 0.6 is 0 Å². The highest BCUT2D eigenvalue weighted by atomic mass is 16.5. The molecule has 0 bridgehead atoms. The molecule has 1 heterocycles. The van der Waals surface area contributed by atoms with Gasteiger partial charge in [0.05, 0.1) is 12.0 Å². The maximum Gasteiger partial charge on any atom is 0.234 e. The molecule has 0 aromatic rings. The number of carbonyl (C=O) groups is 1. The van der Waals surface area contributed by atoms with Crippen LogP contribution in [0.3, 0.4) is 0 Å². The first-order valence-electron chi connectivity index (χ1n) is 3.32. The Morgan fingerprint density at radius 3 is 2.90 bits per heavy atom. The number of nitrogens with zero attached hydrogens (tertiary/aromatic N) is 1. The fourth-order valence-corrected chi connectivity index (χ4v) is 1.39. The molecule has 1 aliphatic heterocycles. The summed E-state index contributed by atoms with van der Waals surface area (Å²) in [6, 6.07) is 0.354. The summed E-state index contributed by atoms with van der Waals surface area (Å²) in [7, 11) is 1.60.